The smallest absolute Gasteiger partial charge is 0.199 e. The van der Waals surface area contributed by atoms with Crippen molar-refractivity contribution in [2.75, 3.05) is 0 Å². The lowest BCUT2D eigenvalue weighted by molar-refractivity contribution is -0.699. The molecule has 0 saturated heterocycles. The molecule has 1 heterocycles. The molecule has 0 N–H and O–H groups in total. The zero-order chi connectivity index (χ0) is 25.8. The predicted molar refractivity (Wildman–Crippen MR) is 162 cm³/mol. The third-order valence-corrected chi connectivity index (χ3v) is 7.74. The van der Waals surface area contributed by atoms with Crippen molar-refractivity contribution in [3.05, 3.63) is 36.2 Å². The van der Waals surface area contributed by atoms with E-state index in [2.05, 4.69) is 55.0 Å². The number of nitrogens with zero attached hydrogens (tertiary/aromatic N) is 1. The van der Waals surface area contributed by atoms with E-state index in [0.29, 0.717) is 0 Å². The fraction of sp³-hybridized carbons (Fsp3) is 0.800. The van der Waals surface area contributed by atoms with Gasteiger partial charge in [-0.25, -0.2) is 0 Å². The van der Waals surface area contributed by atoms with Crippen LogP contribution >= 0.6 is 0 Å². The first kappa shape index (κ1) is 32.9. The maximum Gasteiger partial charge on any atom is 0.204 e. The first-order valence-electron chi connectivity index (χ1n) is 16.5. The Hall–Kier alpha value is -1.11. The van der Waals surface area contributed by atoms with Crippen molar-refractivity contribution in [3.63, 3.8) is 0 Å². The molecule has 0 aromatic carbocycles. The van der Waals surface area contributed by atoms with E-state index in [1.165, 1.54) is 166 Å². The molecule has 1 aromatic heterocycles. The highest BCUT2D eigenvalue weighted by Gasteiger charge is 2.05. The monoisotopic (exact) mass is 499 g/mol. The molecule has 0 aliphatic heterocycles. The molecule has 1 heteroatoms. The molecule has 0 aliphatic rings. The summed E-state index contributed by atoms with van der Waals surface area (Å²) in [5.74, 6) is 0. The van der Waals surface area contributed by atoms with Crippen LogP contribution in [-0.4, -0.2) is 0 Å². The van der Waals surface area contributed by atoms with Crippen molar-refractivity contribution in [2.24, 2.45) is 0 Å². The van der Waals surface area contributed by atoms with Gasteiger partial charge in [-0.3, -0.25) is 0 Å². The van der Waals surface area contributed by atoms with Crippen LogP contribution in [0, 0.1) is 0 Å². The van der Waals surface area contributed by atoms with Crippen molar-refractivity contribution in [3.8, 4) is 0 Å². The van der Waals surface area contributed by atoms with Gasteiger partial charge in [-0.2, -0.15) is 4.57 Å². The Balaban J connectivity index is 1.99. The molecule has 0 bridgehead atoms. The summed E-state index contributed by atoms with van der Waals surface area (Å²) in [6.07, 6.45) is 42.4. The molecule has 0 atom stereocenters. The molecule has 0 aliphatic carbocycles. The maximum atomic E-state index is 2.45. The molecular weight excluding hydrogens is 434 g/mol. The van der Waals surface area contributed by atoms with Gasteiger partial charge in [0.25, 0.3) is 0 Å². The van der Waals surface area contributed by atoms with E-state index in [1.807, 2.05) is 0 Å². The number of aryl methyl sites for hydroxylation is 1. The Labute approximate surface area is 227 Å². The fourth-order valence-corrected chi connectivity index (χ4v) is 5.27. The van der Waals surface area contributed by atoms with Gasteiger partial charge in [0.2, 0.25) is 5.69 Å². The second-order valence-electron chi connectivity index (χ2n) is 11.3. The predicted octanol–water partition coefficient (Wildman–Crippen LogP) is 11.8. The van der Waals surface area contributed by atoms with Crippen molar-refractivity contribution in [1.29, 1.82) is 0 Å². The van der Waals surface area contributed by atoms with E-state index in [-0.39, 0.29) is 0 Å². The molecule has 0 radical (unpaired) electrons. The summed E-state index contributed by atoms with van der Waals surface area (Å²) in [6, 6.07) is 6.64. The third kappa shape index (κ3) is 21.0. The number of unbranched alkanes of at least 4 members (excludes halogenated alkanes) is 23. The Kier molecular flexibility index (Phi) is 24.6. The van der Waals surface area contributed by atoms with Crippen molar-refractivity contribution in [2.45, 2.75) is 181 Å². The molecule has 0 amide bonds. The Bertz CT molecular complexity index is 590. The minimum Gasteiger partial charge on any atom is -0.199 e. The van der Waals surface area contributed by atoms with Crippen molar-refractivity contribution in [1.82, 2.24) is 0 Å². The van der Waals surface area contributed by atoms with Gasteiger partial charge in [-0.15, -0.1) is 0 Å². The second-order valence-corrected chi connectivity index (χ2v) is 11.3. The lowest BCUT2D eigenvalue weighted by Crippen LogP contribution is -2.36. The highest BCUT2D eigenvalue weighted by molar-refractivity contribution is 5.40. The molecule has 0 fully saturated rings. The average Bonchev–Trinajstić information content (AvgIpc) is 2.90. The quantitative estimate of drug-likeness (QED) is 0.0838. The maximum absolute atomic E-state index is 2.45. The van der Waals surface area contributed by atoms with E-state index < -0.39 is 0 Å². The lowest BCUT2D eigenvalue weighted by Gasteiger charge is -2.03. The fourth-order valence-electron chi connectivity index (χ4n) is 5.27. The topological polar surface area (TPSA) is 3.88 Å². The number of pyridine rings is 1. The number of hydrogen-bond donors (Lipinski definition) is 0. The molecule has 0 unspecified atom stereocenters. The standard InChI is InChI=1S/C35H64N/c1-3-5-7-9-11-13-15-17-18-20-22-24-26-29-33-36-34-30-28-32-35(36)31-27-25-23-21-19-16-14-12-10-8-6-4-2/h27-28,30-32,34H,3-26,29,33H2,1-2H3/q+1. The third-order valence-electron chi connectivity index (χ3n) is 7.74. The summed E-state index contributed by atoms with van der Waals surface area (Å²) < 4.78 is 2.45. The van der Waals surface area contributed by atoms with Gasteiger partial charge < -0.3 is 0 Å². The Morgan fingerprint density at radius 2 is 0.917 bits per heavy atom. The highest BCUT2D eigenvalue weighted by Crippen LogP contribution is 2.14. The zero-order valence-electron chi connectivity index (χ0n) is 24.8. The van der Waals surface area contributed by atoms with E-state index in [4.69, 9.17) is 0 Å². The van der Waals surface area contributed by atoms with E-state index >= 15 is 0 Å². The van der Waals surface area contributed by atoms with Crippen LogP contribution in [-0.2, 0) is 6.54 Å². The molecule has 0 spiro atoms. The van der Waals surface area contributed by atoms with Crippen LogP contribution < -0.4 is 4.57 Å². The Morgan fingerprint density at radius 3 is 1.39 bits per heavy atom. The first-order valence-corrected chi connectivity index (χ1v) is 16.5. The van der Waals surface area contributed by atoms with Gasteiger partial charge >= 0.3 is 0 Å². The summed E-state index contributed by atoms with van der Waals surface area (Å²) in [5, 5.41) is 0. The Morgan fingerprint density at radius 1 is 0.500 bits per heavy atom. The zero-order valence-corrected chi connectivity index (χ0v) is 24.8. The van der Waals surface area contributed by atoms with Crippen molar-refractivity contribution < 1.29 is 4.57 Å². The van der Waals surface area contributed by atoms with E-state index in [9.17, 15) is 0 Å². The van der Waals surface area contributed by atoms with Gasteiger partial charge in [-0.1, -0.05) is 155 Å². The number of hydrogen-bond acceptors (Lipinski definition) is 0. The van der Waals surface area contributed by atoms with Crippen LogP contribution in [0.3, 0.4) is 0 Å². The average molecular weight is 499 g/mol. The van der Waals surface area contributed by atoms with E-state index in [1.54, 1.807) is 0 Å². The summed E-state index contributed by atoms with van der Waals surface area (Å²) in [5.41, 5.74) is 1.37. The molecule has 1 aromatic rings. The normalized spacial score (nSPS) is 11.6. The molecule has 36 heavy (non-hydrogen) atoms. The molecule has 0 saturated carbocycles. The van der Waals surface area contributed by atoms with Crippen molar-refractivity contribution >= 4 is 6.08 Å². The van der Waals surface area contributed by atoms with Gasteiger partial charge in [0, 0.05) is 24.6 Å². The number of aromatic nitrogens is 1. The van der Waals surface area contributed by atoms with Crippen LogP contribution in [0.5, 0.6) is 0 Å². The minimum atomic E-state index is 1.16. The van der Waals surface area contributed by atoms with Crippen LogP contribution in [0.15, 0.2) is 30.5 Å². The highest BCUT2D eigenvalue weighted by atomic mass is 14.9. The number of allylic oxidation sites excluding steroid dienone is 1. The molecule has 1 rings (SSSR count). The van der Waals surface area contributed by atoms with Crippen LogP contribution in [0.2, 0.25) is 0 Å². The molecular formula is C35H64N+. The number of rotatable bonds is 27. The molecule has 1 nitrogen and oxygen atoms in total. The van der Waals surface area contributed by atoms with Gasteiger partial charge in [0.15, 0.2) is 6.20 Å². The van der Waals surface area contributed by atoms with E-state index in [0.717, 1.165) is 6.54 Å². The molecule has 208 valence electrons. The second kappa shape index (κ2) is 26.9. The first-order chi connectivity index (χ1) is 17.9. The largest absolute Gasteiger partial charge is 0.204 e. The summed E-state index contributed by atoms with van der Waals surface area (Å²) in [6.45, 7) is 5.76. The SMILES string of the molecule is CCCCCCCCCCCCC=Cc1cccc[n+]1CCCCCCCCCCCCCCCC. The summed E-state index contributed by atoms with van der Waals surface area (Å²) in [4.78, 5) is 0. The van der Waals surface area contributed by atoms with Crippen LogP contribution in [0.25, 0.3) is 6.08 Å². The summed E-state index contributed by atoms with van der Waals surface area (Å²) >= 11 is 0. The summed E-state index contributed by atoms with van der Waals surface area (Å²) in [7, 11) is 0. The van der Waals surface area contributed by atoms with Gasteiger partial charge in [0.05, 0.1) is 0 Å². The van der Waals surface area contributed by atoms with Crippen LogP contribution in [0.4, 0.5) is 0 Å². The minimum absolute atomic E-state index is 1.16. The lowest BCUT2D eigenvalue weighted by atomic mass is 10.0. The van der Waals surface area contributed by atoms with Crippen LogP contribution in [0.1, 0.15) is 180 Å². The van der Waals surface area contributed by atoms with Gasteiger partial charge in [-0.05, 0) is 25.3 Å². The van der Waals surface area contributed by atoms with Gasteiger partial charge in [0.1, 0.15) is 6.54 Å².